The second kappa shape index (κ2) is 5.74. The van der Waals surface area contributed by atoms with Gasteiger partial charge < -0.3 is 20.3 Å². The van der Waals surface area contributed by atoms with Gasteiger partial charge in [-0.05, 0) is 12.1 Å². The van der Waals surface area contributed by atoms with E-state index in [9.17, 15) is 14.7 Å². The van der Waals surface area contributed by atoms with Gasteiger partial charge >= 0.3 is 5.97 Å². The molecule has 6 nitrogen and oxygen atoms in total. The van der Waals surface area contributed by atoms with Crippen LogP contribution < -0.4 is 5.32 Å². The normalized spacial score (nSPS) is 9.71. The lowest BCUT2D eigenvalue weighted by Gasteiger charge is -2.07. The molecule has 1 rings (SSSR count). The lowest BCUT2D eigenvalue weighted by molar-refractivity contribution is -0.141. The Morgan fingerprint density at radius 2 is 2.00 bits per heavy atom. The van der Waals surface area contributed by atoms with Crippen LogP contribution in [0, 0.1) is 0 Å². The highest BCUT2D eigenvalue weighted by Gasteiger charge is 2.09. The van der Waals surface area contributed by atoms with Crippen LogP contribution in [0.1, 0.15) is 12.8 Å². The SMILES string of the molecule is COC(=O)CCC(=O)Nc1ccc(O)cc1O. The molecule has 0 spiro atoms. The van der Waals surface area contributed by atoms with E-state index >= 15 is 0 Å². The molecule has 0 bridgehead atoms. The molecule has 0 aliphatic carbocycles. The zero-order valence-corrected chi connectivity index (χ0v) is 9.27. The van der Waals surface area contributed by atoms with Crippen LogP contribution >= 0.6 is 0 Å². The van der Waals surface area contributed by atoms with Gasteiger partial charge in [-0.3, -0.25) is 9.59 Å². The van der Waals surface area contributed by atoms with Gasteiger partial charge in [0.25, 0.3) is 0 Å². The minimum absolute atomic E-state index is 0.0266. The monoisotopic (exact) mass is 239 g/mol. The van der Waals surface area contributed by atoms with Crippen LogP contribution in [0.4, 0.5) is 5.69 Å². The largest absolute Gasteiger partial charge is 0.508 e. The van der Waals surface area contributed by atoms with E-state index in [0.29, 0.717) is 0 Å². The molecule has 1 aromatic rings. The first-order chi connectivity index (χ1) is 8.02. The molecule has 0 atom stereocenters. The number of hydrogen-bond acceptors (Lipinski definition) is 5. The predicted molar refractivity (Wildman–Crippen MR) is 59.7 cm³/mol. The molecule has 1 aromatic carbocycles. The Morgan fingerprint density at radius 1 is 1.29 bits per heavy atom. The minimum atomic E-state index is -0.477. The highest BCUT2D eigenvalue weighted by molar-refractivity contribution is 5.93. The third-order valence-corrected chi connectivity index (χ3v) is 2.04. The summed E-state index contributed by atoms with van der Waals surface area (Å²) in [7, 11) is 1.24. The maximum Gasteiger partial charge on any atom is 0.306 e. The average molecular weight is 239 g/mol. The Kier molecular flexibility index (Phi) is 4.33. The predicted octanol–water partition coefficient (Wildman–Crippen LogP) is 0.989. The Labute approximate surface area is 97.8 Å². The fraction of sp³-hybridized carbons (Fsp3) is 0.273. The van der Waals surface area contributed by atoms with Crippen molar-refractivity contribution in [2.24, 2.45) is 0 Å². The Balaban J connectivity index is 2.53. The third-order valence-electron chi connectivity index (χ3n) is 2.04. The van der Waals surface area contributed by atoms with Crippen molar-refractivity contribution in [2.75, 3.05) is 12.4 Å². The number of carbonyl (C=O) groups excluding carboxylic acids is 2. The van der Waals surface area contributed by atoms with Crippen LogP contribution in [0.15, 0.2) is 18.2 Å². The van der Waals surface area contributed by atoms with Crippen LogP contribution in [-0.4, -0.2) is 29.2 Å². The van der Waals surface area contributed by atoms with Crippen molar-refractivity contribution in [3.63, 3.8) is 0 Å². The van der Waals surface area contributed by atoms with E-state index in [1.165, 1.54) is 19.2 Å². The summed E-state index contributed by atoms with van der Waals surface area (Å²) < 4.78 is 4.39. The van der Waals surface area contributed by atoms with E-state index < -0.39 is 11.9 Å². The van der Waals surface area contributed by atoms with Gasteiger partial charge in [0, 0.05) is 12.5 Å². The van der Waals surface area contributed by atoms with Gasteiger partial charge in [0.15, 0.2) is 0 Å². The molecular formula is C11H13NO5. The number of aromatic hydroxyl groups is 2. The van der Waals surface area contributed by atoms with Crippen LogP contribution in [0.3, 0.4) is 0 Å². The molecule has 0 heterocycles. The summed E-state index contributed by atoms with van der Waals surface area (Å²) in [5.41, 5.74) is 0.178. The van der Waals surface area contributed by atoms with Gasteiger partial charge in [0.1, 0.15) is 11.5 Å². The fourth-order valence-electron chi connectivity index (χ4n) is 1.16. The molecule has 3 N–H and O–H groups in total. The van der Waals surface area contributed by atoms with Gasteiger partial charge in [-0.2, -0.15) is 0 Å². The molecule has 0 unspecified atom stereocenters. The first kappa shape index (κ1) is 12.8. The standard InChI is InChI=1S/C11H13NO5/c1-17-11(16)5-4-10(15)12-8-3-2-7(13)6-9(8)14/h2-3,6,13-14H,4-5H2,1H3,(H,12,15). The van der Waals surface area contributed by atoms with Crippen molar-refractivity contribution in [1.29, 1.82) is 0 Å². The molecule has 1 amide bonds. The number of carbonyl (C=O) groups is 2. The molecule has 0 saturated heterocycles. The second-order valence-corrected chi connectivity index (χ2v) is 3.33. The topological polar surface area (TPSA) is 95.9 Å². The number of hydrogen-bond donors (Lipinski definition) is 3. The number of methoxy groups -OCH3 is 1. The number of amides is 1. The van der Waals surface area contributed by atoms with E-state index in [1.54, 1.807) is 0 Å². The Hall–Kier alpha value is -2.24. The number of phenolic OH excluding ortho intramolecular Hbond substituents is 2. The summed E-state index contributed by atoms with van der Waals surface area (Å²) in [6.45, 7) is 0. The van der Waals surface area contributed by atoms with Crippen molar-refractivity contribution >= 4 is 17.6 Å². The van der Waals surface area contributed by atoms with Crippen LogP contribution in [0.2, 0.25) is 0 Å². The molecule has 0 fully saturated rings. The van der Waals surface area contributed by atoms with Crippen LogP contribution in [0.5, 0.6) is 11.5 Å². The second-order valence-electron chi connectivity index (χ2n) is 3.33. The van der Waals surface area contributed by atoms with Crippen molar-refractivity contribution in [3.8, 4) is 11.5 Å². The van der Waals surface area contributed by atoms with E-state index in [4.69, 9.17) is 5.11 Å². The average Bonchev–Trinajstić information content (AvgIpc) is 2.29. The molecule has 0 radical (unpaired) electrons. The molecule has 0 aromatic heterocycles. The van der Waals surface area contributed by atoms with Crippen molar-refractivity contribution < 1.29 is 24.5 Å². The van der Waals surface area contributed by atoms with Crippen molar-refractivity contribution in [1.82, 2.24) is 0 Å². The first-order valence-electron chi connectivity index (χ1n) is 4.91. The molecule has 17 heavy (non-hydrogen) atoms. The summed E-state index contributed by atoms with van der Waals surface area (Å²) >= 11 is 0. The van der Waals surface area contributed by atoms with E-state index in [2.05, 4.69) is 10.1 Å². The third kappa shape index (κ3) is 4.02. The summed E-state index contributed by atoms with van der Waals surface area (Å²) in [5, 5.41) is 20.9. The summed E-state index contributed by atoms with van der Waals surface area (Å²) in [6, 6.07) is 3.80. The first-order valence-corrected chi connectivity index (χ1v) is 4.91. The van der Waals surface area contributed by atoms with E-state index in [0.717, 1.165) is 6.07 Å². The zero-order valence-electron chi connectivity index (χ0n) is 9.27. The number of benzene rings is 1. The fourth-order valence-corrected chi connectivity index (χ4v) is 1.16. The van der Waals surface area contributed by atoms with Gasteiger partial charge in [-0.25, -0.2) is 0 Å². The Bertz CT molecular complexity index is 430. The summed E-state index contributed by atoms with van der Waals surface area (Å²) in [4.78, 5) is 22.2. The van der Waals surface area contributed by atoms with Crippen LogP contribution in [0.25, 0.3) is 0 Å². The summed E-state index contributed by atoms with van der Waals surface area (Å²) in [6.07, 6.45) is -0.0613. The number of phenols is 2. The van der Waals surface area contributed by atoms with E-state index in [-0.39, 0.29) is 30.0 Å². The van der Waals surface area contributed by atoms with E-state index in [1.807, 2.05) is 0 Å². The molecule has 0 aliphatic rings. The Morgan fingerprint density at radius 3 is 2.59 bits per heavy atom. The minimum Gasteiger partial charge on any atom is -0.508 e. The maximum atomic E-state index is 11.4. The van der Waals surface area contributed by atoms with Crippen molar-refractivity contribution in [2.45, 2.75) is 12.8 Å². The molecule has 0 saturated carbocycles. The number of nitrogens with one attached hydrogen (secondary N) is 1. The molecule has 6 heteroatoms. The van der Waals surface area contributed by atoms with Gasteiger partial charge in [-0.1, -0.05) is 0 Å². The number of anilines is 1. The highest BCUT2D eigenvalue weighted by Crippen LogP contribution is 2.27. The number of ether oxygens (including phenoxy) is 1. The van der Waals surface area contributed by atoms with Crippen molar-refractivity contribution in [3.05, 3.63) is 18.2 Å². The molecular weight excluding hydrogens is 226 g/mol. The molecule has 0 aliphatic heterocycles. The number of rotatable bonds is 4. The molecule has 92 valence electrons. The highest BCUT2D eigenvalue weighted by atomic mass is 16.5. The van der Waals surface area contributed by atoms with Crippen LogP contribution in [-0.2, 0) is 14.3 Å². The quantitative estimate of drug-likeness (QED) is 0.413. The smallest absolute Gasteiger partial charge is 0.306 e. The zero-order chi connectivity index (χ0) is 12.8. The lowest BCUT2D eigenvalue weighted by Crippen LogP contribution is -2.13. The van der Waals surface area contributed by atoms with Gasteiger partial charge in [0.05, 0.1) is 19.2 Å². The summed E-state index contributed by atoms with van der Waals surface area (Å²) in [5.74, 6) is -1.24. The van der Waals surface area contributed by atoms with Gasteiger partial charge in [-0.15, -0.1) is 0 Å². The maximum absolute atomic E-state index is 11.4. The van der Waals surface area contributed by atoms with Gasteiger partial charge in [0.2, 0.25) is 5.91 Å². The lowest BCUT2D eigenvalue weighted by atomic mass is 10.2. The number of esters is 1.